The Morgan fingerprint density at radius 3 is 1.86 bits per heavy atom. The van der Waals surface area contributed by atoms with Crippen LogP contribution < -0.4 is 0 Å². The molecule has 0 saturated heterocycles. The first-order chi connectivity index (χ1) is 21.2. The third-order valence-corrected chi connectivity index (χ3v) is 9.51. The predicted octanol–water partition coefficient (Wildman–Crippen LogP) is 9.39. The molecule has 0 fully saturated rings. The lowest BCUT2D eigenvalue weighted by atomic mass is 10.0. The summed E-state index contributed by atoms with van der Waals surface area (Å²) in [5, 5.41) is 26.1. The molecule has 6 heteroatoms. The van der Waals surface area contributed by atoms with E-state index in [0.717, 1.165) is 55.2 Å². The average Bonchev–Trinajstić information content (AvgIpc) is 3.71. The van der Waals surface area contributed by atoms with Crippen LogP contribution in [0.1, 0.15) is 11.1 Å². The third-order valence-electron chi connectivity index (χ3n) is 8.38. The highest BCUT2D eigenvalue weighted by atomic mass is 32.1. The highest BCUT2D eigenvalue weighted by Gasteiger charge is 2.20. The van der Waals surface area contributed by atoms with Gasteiger partial charge in [0, 0.05) is 41.7 Å². The summed E-state index contributed by atoms with van der Waals surface area (Å²) < 4.78 is 6.84. The summed E-state index contributed by atoms with van der Waals surface area (Å²) in [6.45, 7) is 0. The summed E-state index contributed by atoms with van der Waals surface area (Å²) in [7, 11) is 0. The quantitative estimate of drug-likeness (QED) is 0.210. The molecule has 5 aromatic carbocycles. The van der Waals surface area contributed by atoms with Gasteiger partial charge in [-0.3, -0.25) is 9.13 Å². The van der Waals surface area contributed by atoms with E-state index in [2.05, 4.69) is 69.8 Å². The minimum absolute atomic E-state index is 0.631. The van der Waals surface area contributed by atoms with Gasteiger partial charge >= 0.3 is 0 Å². The van der Waals surface area contributed by atoms with Crippen molar-refractivity contribution >= 4 is 75.1 Å². The molecule has 5 nitrogen and oxygen atoms in total. The molecule has 198 valence electrons. The summed E-state index contributed by atoms with van der Waals surface area (Å²) in [4.78, 5) is 5.27. The second-order valence-electron chi connectivity index (χ2n) is 10.7. The largest absolute Gasteiger partial charge is 0.294 e. The number of hydrogen-bond donors (Lipinski definition) is 0. The van der Waals surface area contributed by atoms with Crippen molar-refractivity contribution in [1.29, 1.82) is 10.5 Å². The maximum Gasteiger partial charge on any atom is 0.140 e. The molecule has 0 spiro atoms. The SMILES string of the molecule is N#Cc1ccc2c(c1)c1ccccc1n2-c1cccc(-n2c3ccc(C#N)cc3c3c4c(ccc32)sc2ccccc24)n1. The number of rotatable bonds is 2. The first-order valence-electron chi connectivity index (χ1n) is 13.9. The Balaban J connectivity index is 1.38. The monoisotopic (exact) mass is 565 g/mol. The molecule has 0 unspecified atom stereocenters. The van der Waals surface area contributed by atoms with Gasteiger partial charge in [-0.05, 0) is 72.8 Å². The topological polar surface area (TPSA) is 70.3 Å². The van der Waals surface area contributed by atoms with E-state index >= 15 is 0 Å². The Morgan fingerprint density at radius 2 is 1.09 bits per heavy atom. The molecule has 43 heavy (non-hydrogen) atoms. The van der Waals surface area contributed by atoms with Gasteiger partial charge in [0.25, 0.3) is 0 Å². The second kappa shape index (κ2) is 8.77. The zero-order valence-corrected chi connectivity index (χ0v) is 23.4. The molecule has 0 radical (unpaired) electrons. The highest BCUT2D eigenvalue weighted by Crippen LogP contribution is 2.43. The van der Waals surface area contributed by atoms with E-state index < -0.39 is 0 Å². The van der Waals surface area contributed by atoms with Gasteiger partial charge in [-0.15, -0.1) is 11.3 Å². The van der Waals surface area contributed by atoms with Crippen LogP contribution in [0.4, 0.5) is 0 Å². The zero-order valence-electron chi connectivity index (χ0n) is 22.6. The van der Waals surface area contributed by atoms with E-state index in [1.807, 2.05) is 66.7 Å². The Hall–Kier alpha value is -5.95. The molecule has 9 rings (SSSR count). The van der Waals surface area contributed by atoms with Crippen LogP contribution in [0.3, 0.4) is 0 Å². The Morgan fingerprint density at radius 1 is 0.488 bits per heavy atom. The van der Waals surface area contributed by atoms with Crippen LogP contribution in [0, 0.1) is 22.7 Å². The fourth-order valence-electron chi connectivity index (χ4n) is 6.59. The van der Waals surface area contributed by atoms with Gasteiger partial charge < -0.3 is 0 Å². The molecular weight excluding hydrogens is 547 g/mol. The standard InChI is InChI=1S/C37H19N5S/c38-20-22-12-14-29-26(18-22)24-6-1-3-8-28(24)41(29)34-10-5-11-35(40-34)42-30-15-13-23(21-39)19-27(30)36-31(42)16-17-33-37(36)25-7-2-4-9-32(25)43-33/h1-19H. The molecule has 0 saturated carbocycles. The molecule has 4 aromatic heterocycles. The first-order valence-corrected chi connectivity index (χ1v) is 14.7. The van der Waals surface area contributed by atoms with Crippen LogP contribution in [-0.2, 0) is 0 Å². The van der Waals surface area contributed by atoms with E-state index in [-0.39, 0.29) is 0 Å². The number of nitrogens with zero attached hydrogens (tertiary/aromatic N) is 5. The lowest BCUT2D eigenvalue weighted by Gasteiger charge is -2.11. The number of hydrogen-bond acceptors (Lipinski definition) is 4. The molecule has 0 aliphatic heterocycles. The van der Waals surface area contributed by atoms with Gasteiger partial charge in [0.2, 0.25) is 0 Å². The molecule has 0 amide bonds. The molecule has 0 bridgehead atoms. The summed E-state index contributed by atoms with van der Waals surface area (Å²) in [6, 6.07) is 43.6. The van der Waals surface area contributed by atoms with Crippen molar-refractivity contribution in [2.45, 2.75) is 0 Å². The predicted molar refractivity (Wildman–Crippen MR) is 175 cm³/mol. The smallest absolute Gasteiger partial charge is 0.140 e. The van der Waals surface area contributed by atoms with E-state index in [1.165, 1.54) is 20.2 Å². The van der Waals surface area contributed by atoms with Crippen LogP contribution in [-0.4, -0.2) is 14.1 Å². The van der Waals surface area contributed by atoms with E-state index in [1.54, 1.807) is 11.3 Å². The van der Waals surface area contributed by atoms with Gasteiger partial charge in [-0.25, -0.2) is 4.98 Å². The van der Waals surface area contributed by atoms with Crippen LogP contribution >= 0.6 is 11.3 Å². The molecule has 4 heterocycles. The Kier molecular flexibility index (Phi) is 4.84. The maximum absolute atomic E-state index is 9.80. The number of thiophene rings is 1. The number of para-hydroxylation sites is 1. The van der Waals surface area contributed by atoms with Crippen LogP contribution in [0.5, 0.6) is 0 Å². The number of pyridine rings is 1. The number of fused-ring (bicyclic) bond motifs is 10. The summed E-state index contributed by atoms with van der Waals surface area (Å²) in [5.41, 5.74) is 5.34. The Labute approximate surface area is 249 Å². The van der Waals surface area contributed by atoms with E-state index in [0.29, 0.717) is 11.1 Å². The average molecular weight is 566 g/mol. The van der Waals surface area contributed by atoms with Crippen LogP contribution in [0.2, 0.25) is 0 Å². The fraction of sp³-hybridized carbons (Fsp3) is 0. The fourth-order valence-corrected chi connectivity index (χ4v) is 7.71. The number of aromatic nitrogens is 3. The van der Waals surface area contributed by atoms with Crippen molar-refractivity contribution in [3.63, 3.8) is 0 Å². The number of benzene rings is 5. The van der Waals surface area contributed by atoms with Crippen molar-refractivity contribution in [1.82, 2.24) is 14.1 Å². The third kappa shape index (κ3) is 3.27. The lowest BCUT2D eigenvalue weighted by Crippen LogP contribution is -2.03. The summed E-state index contributed by atoms with van der Waals surface area (Å²) in [6.07, 6.45) is 0. The maximum atomic E-state index is 9.80. The highest BCUT2D eigenvalue weighted by molar-refractivity contribution is 7.26. The van der Waals surface area contributed by atoms with Gasteiger partial charge in [-0.1, -0.05) is 42.5 Å². The lowest BCUT2D eigenvalue weighted by molar-refractivity contribution is 1.01. The number of nitriles is 2. The molecule has 0 N–H and O–H groups in total. The van der Waals surface area contributed by atoms with Crippen LogP contribution in [0.15, 0.2) is 115 Å². The van der Waals surface area contributed by atoms with Gasteiger partial charge in [0.1, 0.15) is 11.6 Å². The minimum Gasteiger partial charge on any atom is -0.294 e. The summed E-state index contributed by atoms with van der Waals surface area (Å²) in [5.74, 6) is 1.58. The Bertz CT molecular complexity index is 2710. The first kappa shape index (κ1) is 23.7. The second-order valence-corrected chi connectivity index (χ2v) is 11.7. The summed E-state index contributed by atoms with van der Waals surface area (Å²) >= 11 is 1.79. The van der Waals surface area contributed by atoms with Crippen LogP contribution in [0.25, 0.3) is 75.4 Å². The molecule has 0 atom stereocenters. The van der Waals surface area contributed by atoms with Gasteiger partial charge in [0.15, 0.2) is 0 Å². The molecule has 9 aromatic rings. The van der Waals surface area contributed by atoms with Crippen molar-refractivity contribution < 1.29 is 0 Å². The van der Waals surface area contributed by atoms with Gasteiger partial charge in [0.05, 0.1) is 45.3 Å². The van der Waals surface area contributed by atoms with Crippen molar-refractivity contribution in [2.75, 3.05) is 0 Å². The normalized spacial score (nSPS) is 11.7. The van der Waals surface area contributed by atoms with Crippen molar-refractivity contribution in [2.24, 2.45) is 0 Å². The van der Waals surface area contributed by atoms with Gasteiger partial charge in [-0.2, -0.15) is 10.5 Å². The molecular formula is C37H19N5S. The van der Waals surface area contributed by atoms with Crippen molar-refractivity contribution in [3.8, 4) is 23.8 Å². The minimum atomic E-state index is 0.631. The van der Waals surface area contributed by atoms with E-state index in [9.17, 15) is 10.5 Å². The zero-order chi connectivity index (χ0) is 28.7. The van der Waals surface area contributed by atoms with Crippen molar-refractivity contribution in [3.05, 3.63) is 126 Å². The molecule has 0 aliphatic carbocycles. The van der Waals surface area contributed by atoms with E-state index in [4.69, 9.17) is 4.98 Å². The molecule has 0 aliphatic rings.